The van der Waals surface area contributed by atoms with Gasteiger partial charge in [-0.25, -0.2) is 9.78 Å². The molecule has 0 bridgehead atoms. The molecule has 1 aromatic carbocycles. The van der Waals surface area contributed by atoms with Crippen molar-refractivity contribution in [1.82, 2.24) is 9.97 Å². The maximum atomic E-state index is 12.9. The van der Waals surface area contributed by atoms with E-state index < -0.39 is 35.9 Å². The molecule has 0 saturated heterocycles. The van der Waals surface area contributed by atoms with Crippen LogP contribution in [0.1, 0.15) is 21.7 Å². The third-order valence-corrected chi connectivity index (χ3v) is 3.12. The van der Waals surface area contributed by atoms with E-state index in [4.69, 9.17) is 16.3 Å². The summed E-state index contributed by atoms with van der Waals surface area (Å²) < 4.78 is 43.5. The number of aryl methyl sites for hydroxylation is 1. The maximum Gasteiger partial charge on any atom is 0.418 e. The summed E-state index contributed by atoms with van der Waals surface area (Å²) in [5, 5.41) is 1.90. The third-order valence-electron chi connectivity index (χ3n) is 2.89. The number of benzene rings is 1. The minimum atomic E-state index is -4.71. The SMILES string of the molecule is Cc1cnc(C(=O)OCC(=O)Nc2ccc(Cl)cc2C(F)(F)F)cn1. The number of hydrogen-bond donors (Lipinski definition) is 1. The van der Waals surface area contributed by atoms with E-state index in [1.807, 2.05) is 5.32 Å². The average molecular weight is 374 g/mol. The van der Waals surface area contributed by atoms with Crippen molar-refractivity contribution in [2.75, 3.05) is 11.9 Å². The zero-order chi connectivity index (χ0) is 18.6. The van der Waals surface area contributed by atoms with Crippen LogP contribution in [0.4, 0.5) is 18.9 Å². The van der Waals surface area contributed by atoms with Crippen molar-refractivity contribution in [3.8, 4) is 0 Å². The number of carbonyl (C=O) groups is 2. The van der Waals surface area contributed by atoms with Gasteiger partial charge in [0.05, 0.1) is 23.1 Å². The standard InChI is InChI=1S/C15H11ClF3N3O3/c1-8-5-21-12(6-20-8)14(24)25-7-13(23)22-11-3-2-9(16)4-10(11)15(17,18)19/h2-6H,7H2,1H3,(H,22,23). The predicted molar refractivity (Wildman–Crippen MR) is 82.1 cm³/mol. The number of nitrogens with zero attached hydrogens (tertiary/aromatic N) is 2. The van der Waals surface area contributed by atoms with E-state index in [0.29, 0.717) is 11.8 Å². The summed E-state index contributed by atoms with van der Waals surface area (Å²) in [6, 6.07) is 2.89. The van der Waals surface area contributed by atoms with Crippen LogP contribution in [-0.4, -0.2) is 28.5 Å². The Bertz CT molecular complexity index is 795. The zero-order valence-corrected chi connectivity index (χ0v) is 13.5. The van der Waals surface area contributed by atoms with E-state index in [2.05, 4.69) is 9.97 Å². The number of amides is 1. The Morgan fingerprint density at radius 1 is 1.24 bits per heavy atom. The lowest BCUT2D eigenvalue weighted by Gasteiger charge is -2.14. The van der Waals surface area contributed by atoms with E-state index in [1.54, 1.807) is 6.92 Å². The van der Waals surface area contributed by atoms with Crippen molar-refractivity contribution in [3.63, 3.8) is 0 Å². The number of hydrogen-bond acceptors (Lipinski definition) is 5. The Balaban J connectivity index is 2.01. The molecule has 0 aliphatic rings. The van der Waals surface area contributed by atoms with Crippen molar-refractivity contribution in [2.45, 2.75) is 13.1 Å². The fourth-order valence-corrected chi connectivity index (χ4v) is 1.92. The smallest absolute Gasteiger partial charge is 0.418 e. The minimum absolute atomic E-state index is 0.124. The number of nitrogens with one attached hydrogen (secondary N) is 1. The molecular weight excluding hydrogens is 363 g/mol. The number of alkyl halides is 3. The molecule has 0 spiro atoms. The molecule has 0 fully saturated rings. The monoisotopic (exact) mass is 373 g/mol. The lowest BCUT2D eigenvalue weighted by molar-refractivity contribution is -0.137. The minimum Gasteiger partial charge on any atom is -0.451 e. The van der Waals surface area contributed by atoms with Crippen LogP contribution in [-0.2, 0) is 15.7 Å². The van der Waals surface area contributed by atoms with Crippen molar-refractivity contribution < 1.29 is 27.5 Å². The number of aromatic nitrogens is 2. The summed E-state index contributed by atoms with van der Waals surface area (Å²) in [4.78, 5) is 31.0. The van der Waals surface area contributed by atoms with Crippen LogP contribution in [0, 0.1) is 6.92 Å². The highest BCUT2D eigenvalue weighted by Gasteiger charge is 2.34. The van der Waals surface area contributed by atoms with Crippen LogP contribution in [0.25, 0.3) is 0 Å². The molecule has 2 aromatic rings. The van der Waals surface area contributed by atoms with E-state index in [0.717, 1.165) is 12.3 Å². The third kappa shape index (κ3) is 5.15. The molecule has 1 aromatic heterocycles. The van der Waals surface area contributed by atoms with Gasteiger partial charge in [0, 0.05) is 11.2 Å². The van der Waals surface area contributed by atoms with Gasteiger partial charge >= 0.3 is 12.1 Å². The second-order valence-corrected chi connectivity index (χ2v) is 5.29. The highest BCUT2D eigenvalue weighted by atomic mass is 35.5. The van der Waals surface area contributed by atoms with E-state index >= 15 is 0 Å². The van der Waals surface area contributed by atoms with E-state index in [9.17, 15) is 22.8 Å². The Hall–Kier alpha value is -2.68. The van der Waals surface area contributed by atoms with E-state index in [-0.39, 0.29) is 10.7 Å². The van der Waals surface area contributed by atoms with Crippen LogP contribution in [0.5, 0.6) is 0 Å². The molecule has 1 N–H and O–H groups in total. The molecule has 0 aliphatic heterocycles. The molecule has 0 aliphatic carbocycles. The Kier molecular flexibility index (Phi) is 5.58. The van der Waals surface area contributed by atoms with Gasteiger partial charge in [-0.2, -0.15) is 13.2 Å². The second-order valence-electron chi connectivity index (χ2n) is 4.85. The van der Waals surface area contributed by atoms with Crippen molar-refractivity contribution in [2.24, 2.45) is 0 Å². The Morgan fingerprint density at radius 3 is 2.56 bits per heavy atom. The summed E-state index contributed by atoms with van der Waals surface area (Å²) in [5.74, 6) is -1.86. The lowest BCUT2D eigenvalue weighted by Crippen LogP contribution is -2.23. The highest BCUT2D eigenvalue weighted by Crippen LogP contribution is 2.36. The number of carbonyl (C=O) groups excluding carboxylic acids is 2. The predicted octanol–water partition coefficient (Wildman–Crippen LogP) is 3.25. The summed E-state index contributed by atoms with van der Waals surface area (Å²) in [5.41, 5.74) is -1.14. The summed E-state index contributed by atoms with van der Waals surface area (Å²) in [6.07, 6.45) is -2.21. The van der Waals surface area contributed by atoms with Gasteiger partial charge in [-0.15, -0.1) is 0 Å². The van der Waals surface area contributed by atoms with Gasteiger partial charge in [-0.3, -0.25) is 9.78 Å². The fraction of sp³-hybridized carbons (Fsp3) is 0.200. The van der Waals surface area contributed by atoms with Crippen LogP contribution in [0.2, 0.25) is 5.02 Å². The van der Waals surface area contributed by atoms with Gasteiger partial charge in [-0.1, -0.05) is 11.6 Å². The molecule has 0 radical (unpaired) electrons. The molecule has 1 heterocycles. The van der Waals surface area contributed by atoms with Gasteiger partial charge in [0.15, 0.2) is 12.3 Å². The summed E-state index contributed by atoms with van der Waals surface area (Å²) in [7, 11) is 0. The van der Waals surface area contributed by atoms with Gasteiger partial charge in [0.25, 0.3) is 5.91 Å². The molecule has 2 rings (SSSR count). The number of halogens is 4. The second kappa shape index (κ2) is 7.47. The van der Waals surface area contributed by atoms with Crippen LogP contribution < -0.4 is 5.32 Å². The molecule has 10 heteroatoms. The molecular formula is C15H11ClF3N3O3. The van der Waals surface area contributed by atoms with Gasteiger partial charge < -0.3 is 10.1 Å². The molecule has 25 heavy (non-hydrogen) atoms. The first-order valence-electron chi connectivity index (χ1n) is 6.79. The molecule has 132 valence electrons. The van der Waals surface area contributed by atoms with Crippen LogP contribution in [0.15, 0.2) is 30.6 Å². The Morgan fingerprint density at radius 2 is 1.96 bits per heavy atom. The molecule has 6 nitrogen and oxygen atoms in total. The van der Waals surface area contributed by atoms with Gasteiger partial charge in [0.1, 0.15) is 0 Å². The normalized spacial score (nSPS) is 11.1. The number of ether oxygens (including phenoxy) is 1. The Labute approximate surface area is 145 Å². The quantitative estimate of drug-likeness (QED) is 0.832. The lowest BCUT2D eigenvalue weighted by atomic mass is 10.1. The molecule has 0 atom stereocenters. The number of anilines is 1. The first-order chi connectivity index (χ1) is 11.7. The van der Waals surface area contributed by atoms with Gasteiger partial charge in [0.2, 0.25) is 0 Å². The largest absolute Gasteiger partial charge is 0.451 e. The molecule has 0 saturated carbocycles. The topological polar surface area (TPSA) is 81.2 Å². The van der Waals surface area contributed by atoms with Crippen LogP contribution >= 0.6 is 11.6 Å². The van der Waals surface area contributed by atoms with Gasteiger partial charge in [-0.05, 0) is 25.1 Å². The average Bonchev–Trinajstić information content (AvgIpc) is 2.54. The fourth-order valence-electron chi connectivity index (χ4n) is 1.75. The molecule has 0 unspecified atom stereocenters. The van der Waals surface area contributed by atoms with Crippen molar-refractivity contribution >= 4 is 29.2 Å². The van der Waals surface area contributed by atoms with E-state index in [1.165, 1.54) is 12.3 Å². The summed E-state index contributed by atoms with van der Waals surface area (Å²) >= 11 is 5.55. The zero-order valence-electron chi connectivity index (χ0n) is 12.7. The van der Waals surface area contributed by atoms with Crippen molar-refractivity contribution in [1.29, 1.82) is 0 Å². The first-order valence-corrected chi connectivity index (χ1v) is 7.17. The maximum absolute atomic E-state index is 12.9. The molecule has 1 amide bonds. The number of rotatable bonds is 4. The first kappa shape index (κ1) is 18.7. The summed E-state index contributed by atoms with van der Waals surface area (Å²) in [6.45, 7) is 0.883. The van der Waals surface area contributed by atoms with Crippen LogP contribution in [0.3, 0.4) is 0 Å². The number of esters is 1. The van der Waals surface area contributed by atoms with Crippen molar-refractivity contribution in [3.05, 3.63) is 52.6 Å². The highest BCUT2D eigenvalue weighted by molar-refractivity contribution is 6.30.